The predicted molar refractivity (Wildman–Crippen MR) is 82.1 cm³/mol. The molecular weight excluding hydrogens is 254 g/mol. The smallest absolute Gasteiger partial charge is 0.203 e. The summed E-state index contributed by atoms with van der Waals surface area (Å²) in [5.74, 6) is 2.55. The van der Waals surface area contributed by atoms with E-state index in [4.69, 9.17) is 14.2 Å². The Labute approximate surface area is 122 Å². The minimum atomic E-state index is 0.428. The molecule has 0 heterocycles. The highest BCUT2D eigenvalue weighted by molar-refractivity contribution is 5.53. The zero-order valence-electron chi connectivity index (χ0n) is 13.3. The highest BCUT2D eigenvalue weighted by atomic mass is 16.5. The largest absolute Gasteiger partial charge is 0.493 e. The van der Waals surface area contributed by atoms with E-state index in [0.29, 0.717) is 18.3 Å². The summed E-state index contributed by atoms with van der Waals surface area (Å²) in [4.78, 5) is 0. The van der Waals surface area contributed by atoms with Gasteiger partial charge in [0.2, 0.25) is 5.75 Å². The summed E-state index contributed by atoms with van der Waals surface area (Å²) in [7, 11) is 3.29. The van der Waals surface area contributed by atoms with Gasteiger partial charge in [-0.2, -0.15) is 0 Å². The molecule has 1 rings (SSSR count). The van der Waals surface area contributed by atoms with Crippen LogP contribution in [-0.2, 0) is 0 Å². The van der Waals surface area contributed by atoms with Crippen LogP contribution < -0.4 is 19.5 Å². The van der Waals surface area contributed by atoms with Gasteiger partial charge in [0.15, 0.2) is 11.5 Å². The molecule has 1 aromatic rings. The van der Waals surface area contributed by atoms with Crippen LogP contribution in [0.5, 0.6) is 17.2 Å². The molecule has 0 radical (unpaired) electrons. The van der Waals surface area contributed by atoms with E-state index in [1.54, 1.807) is 14.2 Å². The molecule has 0 bridgehead atoms. The second kappa shape index (κ2) is 8.69. The zero-order chi connectivity index (χ0) is 15.0. The van der Waals surface area contributed by atoms with Gasteiger partial charge in [0, 0.05) is 12.5 Å². The minimum Gasteiger partial charge on any atom is -0.493 e. The first-order chi connectivity index (χ1) is 9.62. The standard InChI is InChI=1S/C16H27NO3/c1-6-7-17-10-13(3)11-20-16-14(18-4)8-12(2)9-15(16)19-5/h8-9,13,17H,6-7,10-11H2,1-5H3. The van der Waals surface area contributed by atoms with Gasteiger partial charge in [0.1, 0.15) is 0 Å². The van der Waals surface area contributed by atoms with Gasteiger partial charge in [0.05, 0.1) is 20.8 Å². The summed E-state index contributed by atoms with van der Waals surface area (Å²) >= 11 is 0. The number of methoxy groups -OCH3 is 2. The summed E-state index contributed by atoms with van der Waals surface area (Å²) in [6.45, 7) is 8.95. The highest BCUT2D eigenvalue weighted by Crippen LogP contribution is 2.38. The van der Waals surface area contributed by atoms with Crippen LogP contribution in [0.2, 0.25) is 0 Å². The van der Waals surface area contributed by atoms with Crippen molar-refractivity contribution in [2.45, 2.75) is 27.2 Å². The van der Waals surface area contributed by atoms with Crippen LogP contribution >= 0.6 is 0 Å². The molecule has 0 fully saturated rings. The lowest BCUT2D eigenvalue weighted by atomic mass is 10.2. The Morgan fingerprint density at radius 1 is 1.15 bits per heavy atom. The van der Waals surface area contributed by atoms with E-state index in [1.807, 2.05) is 19.1 Å². The fraction of sp³-hybridized carbons (Fsp3) is 0.625. The van der Waals surface area contributed by atoms with Crippen molar-refractivity contribution >= 4 is 0 Å². The third-order valence-electron chi connectivity index (χ3n) is 3.04. The minimum absolute atomic E-state index is 0.428. The zero-order valence-corrected chi connectivity index (χ0v) is 13.3. The van der Waals surface area contributed by atoms with Gasteiger partial charge in [-0.1, -0.05) is 13.8 Å². The monoisotopic (exact) mass is 281 g/mol. The first-order valence-corrected chi connectivity index (χ1v) is 7.18. The van der Waals surface area contributed by atoms with Crippen molar-refractivity contribution < 1.29 is 14.2 Å². The molecule has 20 heavy (non-hydrogen) atoms. The molecule has 1 N–H and O–H groups in total. The van der Waals surface area contributed by atoms with E-state index in [1.165, 1.54) is 0 Å². The van der Waals surface area contributed by atoms with Gasteiger partial charge in [-0.25, -0.2) is 0 Å². The van der Waals surface area contributed by atoms with Crippen molar-refractivity contribution in [3.63, 3.8) is 0 Å². The lowest BCUT2D eigenvalue weighted by Crippen LogP contribution is -2.25. The van der Waals surface area contributed by atoms with Crippen LogP contribution in [0.15, 0.2) is 12.1 Å². The molecule has 1 unspecified atom stereocenters. The van der Waals surface area contributed by atoms with E-state index in [-0.39, 0.29) is 0 Å². The normalized spacial score (nSPS) is 12.1. The van der Waals surface area contributed by atoms with E-state index in [9.17, 15) is 0 Å². The van der Waals surface area contributed by atoms with E-state index < -0.39 is 0 Å². The highest BCUT2D eigenvalue weighted by Gasteiger charge is 2.14. The predicted octanol–water partition coefficient (Wildman–Crippen LogP) is 3.03. The maximum atomic E-state index is 5.91. The average molecular weight is 281 g/mol. The molecule has 0 spiro atoms. The molecule has 4 nitrogen and oxygen atoms in total. The fourth-order valence-electron chi connectivity index (χ4n) is 1.96. The summed E-state index contributed by atoms with van der Waals surface area (Å²) in [5, 5.41) is 3.39. The fourth-order valence-corrected chi connectivity index (χ4v) is 1.96. The molecular formula is C16H27NO3. The Morgan fingerprint density at radius 2 is 1.75 bits per heavy atom. The lowest BCUT2D eigenvalue weighted by molar-refractivity contribution is 0.232. The van der Waals surface area contributed by atoms with Gasteiger partial charge >= 0.3 is 0 Å². The molecule has 0 aliphatic rings. The molecule has 0 saturated carbocycles. The molecule has 0 saturated heterocycles. The van der Waals surface area contributed by atoms with Crippen LogP contribution in [0.1, 0.15) is 25.8 Å². The molecule has 1 aromatic carbocycles. The second-order valence-electron chi connectivity index (χ2n) is 5.12. The Balaban J connectivity index is 2.66. The Morgan fingerprint density at radius 3 is 2.25 bits per heavy atom. The van der Waals surface area contributed by atoms with Crippen LogP contribution in [0.25, 0.3) is 0 Å². The first kappa shape index (κ1) is 16.6. The summed E-state index contributed by atoms with van der Waals surface area (Å²) in [6, 6.07) is 3.91. The van der Waals surface area contributed by atoms with Crippen LogP contribution in [0.3, 0.4) is 0 Å². The number of benzene rings is 1. The van der Waals surface area contributed by atoms with Gasteiger partial charge < -0.3 is 19.5 Å². The van der Waals surface area contributed by atoms with Crippen LogP contribution in [0.4, 0.5) is 0 Å². The van der Waals surface area contributed by atoms with Gasteiger partial charge in [-0.3, -0.25) is 0 Å². The topological polar surface area (TPSA) is 39.7 Å². The molecule has 0 aromatic heterocycles. The molecule has 4 heteroatoms. The van der Waals surface area contributed by atoms with Crippen molar-refractivity contribution in [2.75, 3.05) is 33.9 Å². The summed E-state index contributed by atoms with van der Waals surface area (Å²) in [5.41, 5.74) is 1.09. The summed E-state index contributed by atoms with van der Waals surface area (Å²) in [6.07, 6.45) is 1.15. The van der Waals surface area contributed by atoms with Gasteiger partial charge in [-0.05, 0) is 37.6 Å². The molecule has 0 amide bonds. The SMILES string of the molecule is CCCNCC(C)COc1c(OC)cc(C)cc1OC. The number of aryl methyl sites for hydroxylation is 1. The first-order valence-electron chi connectivity index (χ1n) is 7.18. The van der Waals surface area contributed by atoms with Gasteiger partial charge in [0.25, 0.3) is 0 Å². The molecule has 0 aliphatic carbocycles. The van der Waals surface area contributed by atoms with Crippen molar-refractivity contribution in [1.82, 2.24) is 5.32 Å². The number of ether oxygens (including phenoxy) is 3. The van der Waals surface area contributed by atoms with Crippen LogP contribution in [0, 0.1) is 12.8 Å². The third-order valence-corrected chi connectivity index (χ3v) is 3.04. The maximum absolute atomic E-state index is 5.91. The number of nitrogens with one attached hydrogen (secondary N) is 1. The Bertz CT molecular complexity index is 382. The maximum Gasteiger partial charge on any atom is 0.203 e. The average Bonchev–Trinajstić information content (AvgIpc) is 2.45. The van der Waals surface area contributed by atoms with Crippen molar-refractivity contribution in [3.05, 3.63) is 17.7 Å². The van der Waals surface area contributed by atoms with E-state index >= 15 is 0 Å². The molecule has 114 valence electrons. The molecule has 1 atom stereocenters. The number of hydrogen-bond acceptors (Lipinski definition) is 4. The quantitative estimate of drug-likeness (QED) is 0.706. The number of rotatable bonds is 9. The van der Waals surface area contributed by atoms with Gasteiger partial charge in [-0.15, -0.1) is 0 Å². The van der Waals surface area contributed by atoms with E-state index in [0.717, 1.165) is 36.6 Å². The number of hydrogen-bond donors (Lipinski definition) is 1. The Hall–Kier alpha value is -1.42. The van der Waals surface area contributed by atoms with E-state index in [2.05, 4.69) is 19.2 Å². The third kappa shape index (κ3) is 4.93. The lowest BCUT2D eigenvalue weighted by Gasteiger charge is -2.18. The molecule has 0 aliphatic heterocycles. The summed E-state index contributed by atoms with van der Waals surface area (Å²) < 4.78 is 16.7. The van der Waals surface area contributed by atoms with Crippen LogP contribution in [-0.4, -0.2) is 33.9 Å². The van der Waals surface area contributed by atoms with Crippen molar-refractivity contribution in [1.29, 1.82) is 0 Å². The Kier molecular flexibility index (Phi) is 7.23. The second-order valence-corrected chi connectivity index (χ2v) is 5.12. The van der Waals surface area contributed by atoms with Crippen molar-refractivity contribution in [3.8, 4) is 17.2 Å². The van der Waals surface area contributed by atoms with Crippen molar-refractivity contribution in [2.24, 2.45) is 5.92 Å².